The fourth-order valence-corrected chi connectivity index (χ4v) is 2.71. The van der Waals surface area contributed by atoms with Gasteiger partial charge in [0.1, 0.15) is 5.75 Å². The first-order valence-corrected chi connectivity index (χ1v) is 6.92. The van der Waals surface area contributed by atoms with Gasteiger partial charge in [-0.05, 0) is 37.5 Å². The highest BCUT2D eigenvalue weighted by molar-refractivity contribution is 9.10. The van der Waals surface area contributed by atoms with E-state index in [1.807, 2.05) is 0 Å². The molecule has 1 saturated heterocycles. The molecule has 1 aliphatic rings. The molecule has 1 atom stereocenters. The molecule has 1 fully saturated rings. The van der Waals surface area contributed by atoms with Crippen LogP contribution in [-0.4, -0.2) is 35.0 Å². The smallest absolute Gasteiger partial charge is 0.257 e. The average molecular weight is 350 g/mol. The first kappa shape index (κ1) is 16.3. The predicted octanol–water partition coefficient (Wildman–Crippen LogP) is 2.53. The summed E-state index contributed by atoms with van der Waals surface area (Å²) in [4.78, 5) is 14.2. The van der Waals surface area contributed by atoms with Crippen LogP contribution in [0.5, 0.6) is 5.75 Å². The maximum Gasteiger partial charge on any atom is 0.257 e. The SMILES string of the molecule is Cl.NCC1CCCCN1C(=O)c1cc(Br)ccc1O. The molecule has 2 rings (SSSR count). The minimum Gasteiger partial charge on any atom is -0.507 e. The zero-order valence-electron chi connectivity index (χ0n) is 10.5. The van der Waals surface area contributed by atoms with E-state index in [0.717, 1.165) is 23.7 Å². The summed E-state index contributed by atoms with van der Waals surface area (Å²) in [5, 5.41) is 9.80. The molecule has 6 heteroatoms. The Morgan fingerprint density at radius 1 is 1.47 bits per heavy atom. The van der Waals surface area contributed by atoms with Crippen molar-refractivity contribution in [1.82, 2.24) is 4.90 Å². The van der Waals surface area contributed by atoms with Crippen molar-refractivity contribution in [3.63, 3.8) is 0 Å². The second-order valence-corrected chi connectivity index (χ2v) is 5.46. The highest BCUT2D eigenvalue weighted by atomic mass is 79.9. The minimum absolute atomic E-state index is 0. The summed E-state index contributed by atoms with van der Waals surface area (Å²) in [7, 11) is 0. The molecule has 1 aromatic carbocycles. The third-order valence-corrected chi connectivity index (χ3v) is 3.84. The summed E-state index contributed by atoms with van der Waals surface area (Å²) in [6, 6.07) is 4.98. The van der Waals surface area contributed by atoms with Gasteiger partial charge in [-0.1, -0.05) is 15.9 Å². The quantitative estimate of drug-likeness (QED) is 0.862. The van der Waals surface area contributed by atoms with Crippen molar-refractivity contribution in [1.29, 1.82) is 0 Å². The zero-order chi connectivity index (χ0) is 13.1. The summed E-state index contributed by atoms with van der Waals surface area (Å²) in [5.74, 6) is -0.117. The first-order valence-electron chi connectivity index (χ1n) is 6.13. The van der Waals surface area contributed by atoms with E-state index in [9.17, 15) is 9.90 Å². The number of rotatable bonds is 2. The van der Waals surface area contributed by atoms with Gasteiger partial charge in [0.05, 0.1) is 5.56 Å². The monoisotopic (exact) mass is 348 g/mol. The van der Waals surface area contributed by atoms with E-state index in [1.165, 1.54) is 6.07 Å². The van der Waals surface area contributed by atoms with Crippen molar-refractivity contribution in [3.8, 4) is 5.75 Å². The Hall–Kier alpha value is -0.780. The van der Waals surface area contributed by atoms with Crippen LogP contribution in [0.25, 0.3) is 0 Å². The topological polar surface area (TPSA) is 66.6 Å². The highest BCUT2D eigenvalue weighted by Crippen LogP contribution is 2.26. The van der Waals surface area contributed by atoms with E-state index in [4.69, 9.17) is 5.73 Å². The lowest BCUT2D eigenvalue weighted by molar-refractivity contribution is 0.0620. The molecule has 0 saturated carbocycles. The van der Waals surface area contributed by atoms with Gasteiger partial charge in [-0.3, -0.25) is 4.79 Å². The second-order valence-electron chi connectivity index (χ2n) is 4.55. The number of hydrogen-bond donors (Lipinski definition) is 2. The second kappa shape index (κ2) is 7.12. The van der Waals surface area contributed by atoms with Crippen LogP contribution in [0.2, 0.25) is 0 Å². The Kier molecular flexibility index (Phi) is 6.10. The molecule has 1 heterocycles. The molecular weight excluding hydrogens is 332 g/mol. The maximum atomic E-state index is 12.4. The van der Waals surface area contributed by atoms with Gasteiger partial charge in [-0.2, -0.15) is 0 Å². The molecule has 0 bridgehead atoms. The van der Waals surface area contributed by atoms with Crippen LogP contribution in [0, 0.1) is 0 Å². The van der Waals surface area contributed by atoms with Crippen molar-refractivity contribution in [2.45, 2.75) is 25.3 Å². The largest absolute Gasteiger partial charge is 0.507 e. The lowest BCUT2D eigenvalue weighted by atomic mass is 10.0. The molecule has 3 N–H and O–H groups in total. The van der Waals surface area contributed by atoms with Gasteiger partial charge in [-0.15, -0.1) is 12.4 Å². The van der Waals surface area contributed by atoms with Crippen LogP contribution in [-0.2, 0) is 0 Å². The summed E-state index contributed by atoms with van der Waals surface area (Å²) in [6.45, 7) is 1.19. The molecule has 0 radical (unpaired) electrons. The average Bonchev–Trinajstić information content (AvgIpc) is 2.40. The Morgan fingerprint density at radius 3 is 2.89 bits per heavy atom. The van der Waals surface area contributed by atoms with E-state index in [-0.39, 0.29) is 30.1 Å². The third kappa shape index (κ3) is 3.61. The summed E-state index contributed by atoms with van der Waals surface area (Å²) in [5.41, 5.74) is 6.05. The molecule has 0 aliphatic carbocycles. The molecule has 4 nitrogen and oxygen atoms in total. The summed E-state index contributed by atoms with van der Waals surface area (Å²) < 4.78 is 0.782. The van der Waals surface area contributed by atoms with Crippen molar-refractivity contribution in [3.05, 3.63) is 28.2 Å². The molecular formula is C13H18BrClN2O2. The number of aromatic hydroxyl groups is 1. The van der Waals surface area contributed by atoms with Crippen LogP contribution in [0.1, 0.15) is 29.6 Å². The summed E-state index contributed by atoms with van der Waals surface area (Å²) >= 11 is 3.31. The van der Waals surface area contributed by atoms with Crippen molar-refractivity contribution < 1.29 is 9.90 Å². The van der Waals surface area contributed by atoms with Crippen LogP contribution in [0.15, 0.2) is 22.7 Å². The lowest BCUT2D eigenvalue weighted by Crippen LogP contribution is -2.47. The van der Waals surface area contributed by atoms with Gasteiger partial charge in [-0.25, -0.2) is 0 Å². The molecule has 1 amide bonds. The molecule has 0 spiro atoms. The van der Waals surface area contributed by atoms with Gasteiger partial charge < -0.3 is 15.7 Å². The van der Waals surface area contributed by atoms with E-state index in [2.05, 4.69) is 15.9 Å². The number of phenols is 1. The molecule has 1 aromatic rings. The Balaban J connectivity index is 0.00000180. The lowest BCUT2D eigenvalue weighted by Gasteiger charge is -2.35. The number of benzene rings is 1. The normalized spacial score (nSPS) is 18.8. The molecule has 106 valence electrons. The van der Waals surface area contributed by atoms with Crippen LogP contribution < -0.4 is 5.73 Å². The van der Waals surface area contributed by atoms with Crippen molar-refractivity contribution in [2.75, 3.05) is 13.1 Å². The third-order valence-electron chi connectivity index (χ3n) is 3.35. The molecule has 19 heavy (non-hydrogen) atoms. The molecule has 1 unspecified atom stereocenters. The Labute approximate surface area is 127 Å². The predicted molar refractivity (Wildman–Crippen MR) is 80.8 cm³/mol. The van der Waals surface area contributed by atoms with Crippen LogP contribution in [0.3, 0.4) is 0 Å². The number of nitrogens with two attached hydrogens (primary N) is 1. The minimum atomic E-state index is -0.135. The molecule has 0 aromatic heterocycles. The fraction of sp³-hybridized carbons (Fsp3) is 0.462. The number of carbonyl (C=O) groups is 1. The number of nitrogens with zero attached hydrogens (tertiary/aromatic N) is 1. The maximum absolute atomic E-state index is 12.4. The van der Waals surface area contributed by atoms with Crippen LogP contribution >= 0.6 is 28.3 Å². The standard InChI is InChI=1S/C13H17BrN2O2.ClH/c14-9-4-5-12(17)11(7-9)13(18)16-6-2-1-3-10(16)8-15;/h4-5,7,10,17H,1-3,6,8,15H2;1H. The van der Waals surface area contributed by atoms with Gasteiger partial charge in [0.25, 0.3) is 5.91 Å². The number of piperidine rings is 1. The first-order chi connectivity index (χ1) is 8.63. The summed E-state index contributed by atoms with van der Waals surface area (Å²) in [6.07, 6.45) is 3.05. The number of hydrogen-bond acceptors (Lipinski definition) is 3. The molecule has 1 aliphatic heterocycles. The van der Waals surface area contributed by atoms with Crippen molar-refractivity contribution in [2.24, 2.45) is 5.73 Å². The van der Waals surface area contributed by atoms with E-state index < -0.39 is 0 Å². The van der Waals surface area contributed by atoms with E-state index >= 15 is 0 Å². The Bertz CT molecular complexity index is 456. The number of carbonyl (C=O) groups excluding carboxylic acids is 1. The van der Waals surface area contributed by atoms with Crippen molar-refractivity contribution >= 4 is 34.2 Å². The number of halogens is 2. The highest BCUT2D eigenvalue weighted by Gasteiger charge is 2.27. The Morgan fingerprint density at radius 2 is 2.21 bits per heavy atom. The van der Waals surface area contributed by atoms with Gasteiger partial charge in [0, 0.05) is 23.6 Å². The zero-order valence-corrected chi connectivity index (χ0v) is 12.9. The van der Waals surface area contributed by atoms with Gasteiger partial charge in [0.2, 0.25) is 0 Å². The van der Waals surface area contributed by atoms with E-state index in [0.29, 0.717) is 18.7 Å². The van der Waals surface area contributed by atoms with Crippen LogP contribution in [0.4, 0.5) is 0 Å². The fourth-order valence-electron chi connectivity index (χ4n) is 2.35. The van der Waals surface area contributed by atoms with Gasteiger partial charge in [0.15, 0.2) is 0 Å². The number of likely N-dealkylation sites (tertiary alicyclic amines) is 1. The number of phenolic OH excluding ortho intramolecular Hbond substituents is 1. The van der Waals surface area contributed by atoms with Gasteiger partial charge >= 0.3 is 0 Å². The van der Waals surface area contributed by atoms with E-state index in [1.54, 1.807) is 17.0 Å². The number of amides is 1.